The third-order valence-corrected chi connectivity index (χ3v) is 7.07. The van der Waals surface area contributed by atoms with Crippen LogP contribution in [0.4, 0.5) is 18.3 Å². The zero-order valence-corrected chi connectivity index (χ0v) is 20.5. The third-order valence-electron chi connectivity index (χ3n) is 6.03. The molecule has 178 valence electrons. The van der Waals surface area contributed by atoms with Gasteiger partial charge in [0.2, 0.25) is 5.13 Å². The lowest BCUT2D eigenvalue weighted by Crippen LogP contribution is -2.61. The van der Waals surface area contributed by atoms with Crippen molar-refractivity contribution >= 4 is 16.5 Å². The molecule has 1 aromatic carbocycles. The van der Waals surface area contributed by atoms with Crippen molar-refractivity contribution in [3.63, 3.8) is 0 Å². The smallest absolute Gasteiger partial charge is 0.347 e. The zero-order chi connectivity index (χ0) is 24.2. The Morgan fingerprint density at radius 3 is 2.33 bits per heavy atom. The quantitative estimate of drug-likeness (QED) is 0.546. The van der Waals surface area contributed by atoms with Crippen LogP contribution in [0.15, 0.2) is 30.6 Å². The summed E-state index contributed by atoms with van der Waals surface area (Å²) in [4.78, 5) is 2.06. The molecule has 1 N–H and O–H groups in total. The van der Waals surface area contributed by atoms with Crippen molar-refractivity contribution in [2.45, 2.75) is 63.8 Å². The molecule has 1 fully saturated rings. The highest BCUT2D eigenvalue weighted by Gasteiger charge is 2.40. The molecular formula is C23H29F3N6S. The topological polar surface area (TPSA) is 58.9 Å². The molecule has 6 nitrogen and oxygen atoms in total. The maximum atomic E-state index is 14.0. The number of hydrogen-bond donors (Lipinski definition) is 1. The second-order valence-corrected chi connectivity index (χ2v) is 11.1. The normalized spacial score (nSPS) is 18.5. The first-order valence-electron chi connectivity index (χ1n) is 10.8. The Hall–Kier alpha value is -2.46. The minimum absolute atomic E-state index is 0.0401. The van der Waals surface area contributed by atoms with Crippen molar-refractivity contribution in [2.75, 3.05) is 11.9 Å². The van der Waals surface area contributed by atoms with Crippen molar-refractivity contribution in [2.24, 2.45) is 7.05 Å². The molecule has 4 rings (SSSR count). The molecule has 1 aliphatic heterocycles. The van der Waals surface area contributed by atoms with Gasteiger partial charge in [-0.15, -0.1) is 10.2 Å². The van der Waals surface area contributed by atoms with Gasteiger partial charge in [-0.2, -0.15) is 18.3 Å². The number of aryl methyl sites for hydroxylation is 1. The Balaban J connectivity index is 1.66. The Morgan fingerprint density at radius 1 is 1.09 bits per heavy atom. The van der Waals surface area contributed by atoms with E-state index in [2.05, 4.69) is 53.2 Å². The molecule has 33 heavy (non-hydrogen) atoms. The maximum absolute atomic E-state index is 14.0. The average molecular weight is 479 g/mol. The van der Waals surface area contributed by atoms with Gasteiger partial charge in [0.15, 0.2) is 0 Å². The Kier molecular flexibility index (Phi) is 5.81. The number of rotatable bonds is 4. The summed E-state index contributed by atoms with van der Waals surface area (Å²) in [5.41, 5.74) is 0.291. The van der Waals surface area contributed by atoms with Crippen LogP contribution in [0.3, 0.4) is 0 Å². The summed E-state index contributed by atoms with van der Waals surface area (Å²) in [5.74, 6) is 0. The number of nitrogens with one attached hydrogen (secondary N) is 1. The highest BCUT2D eigenvalue weighted by Crippen LogP contribution is 2.42. The summed E-state index contributed by atoms with van der Waals surface area (Å²) in [5, 5.41) is 17.0. The van der Waals surface area contributed by atoms with Gasteiger partial charge >= 0.3 is 6.18 Å². The van der Waals surface area contributed by atoms with Gasteiger partial charge in [0.05, 0.1) is 11.8 Å². The number of piperidine rings is 1. The van der Waals surface area contributed by atoms with Crippen molar-refractivity contribution in [3.05, 3.63) is 36.2 Å². The van der Waals surface area contributed by atoms with E-state index in [1.165, 1.54) is 17.4 Å². The van der Waals surface area contributed by atoms with Gasteiger partial charge < -0.3 is 10.2 Å². The van der Waals surface area contributed by atoms with Crippen molar-refractivity contribution < 1.29 is 13.2 Å². The molecule has 3 aromatic rings. The molecule has 0 radical (unpaired) electrons. The molecule has 2 aromatic heterocycles. The summed E-state index contributed by atoms with van der Waals surface area (Å²) >= 11 is 1.19. The standard InChI is InChI=1S/C23H29F3N6S/c1-21(2)10-16(11-22(3,4)30-21)32(6)20-29-28-19(33-20)17-8-7-14(9-18(17)23(24,25)26)15-12-27-31(5)13-15/h7-9,12-13,16,30H,10-11H2,1-6H3. The van der Waals surface area contributed by atoms with Crippen LogP contribution in [0.5, 0.6) is 0 Å². The van der Waals surface area contributed by atoms with Crippen LogP contribution in [0.1, 0.15) is 46.1 Å². The molecule has 0 aliphatic carbocycles. The summed E-state index contributed by atoms with van der Waals surface area (Å²) in [6, 6.07) is 4.51. The number of nitrogens with zero attached hydrogens (tertiary/aromatic N) is 5. The predicted molar refractivity (Wildman–Crippen MR) is 125 cm³/mol. The van der Waals surface area contributed by atoms with Crippen LogP contribution in [0.2, 0.25) is 0 Å². The van der Waals surface area contributed by atoms with Crippen LogP contribution < -0.4 is 10.2 Å². The molecule has 1 aliphatic rings. The molecular weight excluding hydrogens is 449 g/mol. The van der Waals surface area contributed by atoms with Crippen LogP contribution in [-0.4, -0.2) is 44.1 Å². The van der Waals surface area contributed by atoms with Gasteiger partial charge in [0.1, 0.15) is 5.01 Å². The molecule has 0 saturated carbocycles. The van der Waals surface area contributed by atoms with Crippen LogP contribution in [-0.2, 0) is 13.2 Å². The van der Waals surface area contributed by atoms with Crippen molar-refractivity contribution in [3.8, 4) is 21.7 Å². The third kappa shape index (κ3) is 5.06. The molecule has 0 spiro atoms. The zero-order valence-electron chi connectivity index (χ0n) is 19.7. The molecule has 0 atom stereocenters. The molecule has 0 unspecified atom stereocenters. The van der Waals surface area contributed by atoms with Gasteiger partial charge in [0, 0.05) is 48.5 Å². The lowest BCUT2D eigenvalue weighted by Gasteiger charge is -2.48. The molecule has 3 heterocycles. The fourth-order valence-electron chi connectivity index (χ4n) is 4.88. The fourth-order valence-corrected chi connectivity index (χ4v) is 5.80. The Labute approximate surface area is 195 Å². The number of aromatic nitrogens is 4. The van der Waals surface area contributed by atoms with E-state index in [0.29, 0.717) is 16.3 Å². The molecule has 10 heteroatoms. The molecule has 1 saturated heterocycles. The Morgan fingerprint density at radius 2 is 1.76 bits per heavy atom. The van der Waals surface area contributed by atoms with Gasteiger partial charge in [0.25, 0.3) is 0 Å². The van der Waals surface area contributed by atoms with E-state index in [1.54, 1.807) is 30.2 Å². The van der Waals surface area contributed by atoms with Gasteiger partial charge in [-0.05, 0) is 52.2 Å². The summed E-state index contributed by atoms with van der Waals surface area (Å²) in [7, 11) is 3.68. The second kappa shape index (κ2) is 8.09. The highest BCUT2D eigenvalue weighted by molar-refractivity contribution is 7.18. The monoisotopic (exact) mass is 478 g/mol. The maximum Gasteiger partial charge on any atom is 0.417 e. The van der Waals surface area contributed by atoms with Gasteiger partial charge in [-0.1, -0.05) is 23.5 Å². The SMILES string of the molecule is CN(c1nnc(-c2ccc(-c3cnn(C)c3)cc2C(F)(F)F)s1)C1CC(C)(C)NC(C)(C)C1. The van der Waals surface area contributed by atoms with Crippen molar-refractivity contribution in [1.29, 1.82) is 0 Å². The van der Waals surface area contributed by atoms with E-state index in [-0.39, 0.29) is 27.7 Å². The first kappa shape index (κ1) is 23.7. The van der Waals surface area contributed by atoms with Crippen LogP contribution in [0, 0.1) is 0 Å². The molecule has 0 bridgehead atoms. The van der Waals surface area contributed by atoms with E-state index in [0.717, 1.165) is 18.9 Å². The van der Waals surface area contributed by atoms with E-state index < -0.39 is 11.7 Å². The first-order chi connectivity index (χ1) is 15.2. The highest BCUT2D eigenvalue weighted by atomic mass is 32.1. The van der Waals surface area contributed by atoms with Crippen molar-refractivity contribution in [1.82, 2.24) is 25.3 Å². The van der Waals surface area contributed by atoms with E-state index in [9.17, 15) is 13.2 Å². The van der Waals surface area contributed by atoms with E-state index >= 15 is 0 Å². The lowest BCUT2D eigenvalue weighted by molar-refractivity contribution is -0.137. The predicted octanol–water partition coefficient (Wildman–Crippen LogP) is 5.37. The van der Waals surface area contributed by atoms with Crippen LogP contribution in [0.25, 0.3) is 21.7 Å². The minimum Gasteiger partial charge on any atom is -0.347 e. The lowest BCUT2D eigenvalue weighted by atomic mass is 9.79. The van der Waals surface area contributed by atoms with Gasteiger partial charge in [-0.3, -0.25) is 4.68 Å². The summed E-state index contributed by atoms with van der Waals surface area (Å²) in [6.45, 7) is 8.67. The second-order valence-electron chi connectivity index (χ2n) is 10.1. The van der Waals surface area contributed by atoms with E-state index in [4.69, 9.17) is 0 Å². The summed E-state index contributed by atoms with van der Waals surface area (Å²) in [6.07, 6.45) is 0.518. The minimum atomic E-state index is -4.52. The Bertz CT molecular complexity index is 1130. The largest absolute Gasteiger partial charge is 0.417 e. The number of benzene rings is 1. The number of hydrogen-bond acceptors (Lipinski definition) is 6. The number of anilines is 1. The number of alkyl halides is 3. The number of halogens is 3. The van der Waals surface area contributed by atoms with E-state index in [1.807, 2.05) is 7.05 Å². The average Bonchev–Trinajstić information content (AvgIpc) is 3.33. The summed E-state index contributed by atoms with van der Waals surface area (Å²) < 4.78 is 43.5. The fraction of sp³-hybridized carbons (Fsp3) is 0.522. The van der Waals surface area contributed by atoms with Crippen LogP contribution >= 0.6 is 11.3 Å². The molecule has 0 amide bonds. The van der Waals surface area contributed by atoms with Gasteiger partial charge in [-0.25, -0.2) is 0 Å². The first-order valence-corrected chi connectivity index (χ1v) is 11.6.